The fraction of sp³-hybridized carbons (Fsp3) is 0.333. The third-order valence-electron chi connectivity index (χ3n) is 5.63. The van der Waals surface area contributed by atoms with E-state index in [0.717, 1.165) is 25.7 Å². The van der Waals surface area contributed by atoms with Crippen LogP contribution in [0.5, 0.6) is 0 Å². The van der Waals surface area contributed by atoms with Gasteiger partial charge in [0.05, 0.1) is 20.4 Å². The maximum absolute atomic E-state index is 4.84. The van der Waals surface area contributed by atoms with Crippen molar-refractivity contribution in [2.45, 2.75) is 45.4 Å². The minimum atomic E-state index is 1.01. The summed E-state index contributed by atoms with van der Waals surface area (Å²) >= 11 is 5.83. The number of halogens is 1. The van der Waals surface area contributed by atoms with Crippen molar-refractivity contribution in [3.63, 3.8) is 0 Å². The Morgan fingerprint density at radius 2 is 1.43 bits per heavy atom. The molecule has 1 N–H and O–H groups in total. The molecule has 30 heavy (non-hydrogen) atoms. The second-order valence-electron chi connectivity index (χ2n) is 7.83. The molecule has 3 aromatic carbocycles. The summed E-state index contributed by atoms with van der Waals surface area (Å²) in [6, 6.07) is 13.5. The number of aromatic nitrogens is 2. The second-order valence-corrected chi connectivity index (χ2v) is 11.6. The van der Waals surface area contributed by atoms with E-state index in [4.69, 9.17) is 4.98 Å². The molecule has 0 fully saturated rings. The summed E-state index contributed by atoms with van der Waals surface area (Å²) in [4.78, 5) is 9.48. The summed E-state index contributed by atoms with van der Waals surface area (Å²) in [6.07, 6.45) is 7.91. The first kappa shape index (κ1) is 20.4. The van der Waals surface area contributed by atoms with E-state index < -0.39 is 0 Å². The minimum absolute atomic E-state index is 1.01. The number of anilines is 1. The molecule has 0 atom stereocenters. The zero-order chi connectivity index (χ0) is 20.5. The van der Waals surface area contributed by atoms with Gasteiger partial charge in [0.15, 0.2) is 8.15 Å². The van der Waals surface area contributed by atoms with Gasteiger partial charge in [-0.15, -0.1) is 11.3 Å². The van der Waals surface area contributed by atoms with Crippen LogP contribution in [0.2, 0.25) is 0 Å². The number of nitrogens with zero attached hydrogens (tertiary/aromatic N) is 2. The fourth-order valence-electron chi connectivity index (χ4n) is 4.05. The monoisotopic (exact) mass is 545 g/mol. The Bertz CT molecular complexity index is 1340. The van der Waals surface area contributed by atoms with Crippen LogP contribution in [-0.2, 0) is 0 Å². The largest absolute Gasteiger partial charge is 0.361 e. The van der Waals surface area contributed by atoms with Crippen LogP contribution in [0, 0.1) is 3.01 Å². The van der Waals surface area contributed by atoms with E-state index in [1.165, 1.54) is 69.5 Å². The lowest BCUT2D eigenvalue weighted by Crippen LogP contribution is -2.00. The van der Waals surface area contributed by atoms with E-state index in [1.807, 2.05) is 0 Å². The van der Waals surface area contributed by atoms with Crippen LogP contribution in [-0.4, -0.2) is 16.5 Å². The lowest BCUT2D eigenvalue weighted by Gasteiger charge is -2.04. The van der Waals surface area contributed by atoms with E-state index in [-0.39, 0.29) is 0 Å². The molecule has 0 aliphatic carbocycles. The summed E-state index contributed by atoms with van der Waals surface area (Å²) in [5, 5.41) is 9.69. The predicted molar refractivity (Wildman–Crippen MR) is 142 cm³/mol. The van der Waals surface area contributed by atoms with Gasteiger partial charge in [0, 0.05) is 6.54 Å². The van der Waals surface area contributed by atoms with Crippen LogP contribution in [0.3, 0.4) is 0 Å². The second kappa shape index (κ2) is 8.93. The smallest absolute Gasteiger partial charge is 0.183 e. The molecule has 0 spiro atoms. The van der Waals surface area contributed by atoms with Crippen molar-refractivity contribution in [1.82, 2.24) is 9.97 Å². The van der Waals surface area contributed by atoms with Gasteiger partial charge in [-0.3, -0.25) is 0 Å². The SMILES string of the molecule is CCCCCCCCNc1nc2cc3ccc4cc5nc(I)sc5cc4c3cc2s1. The molecule has 6 heteroatoms. The van der Waals surface area contributed by atoms with Crippen LogP contribution in [0.15, 0.2) is 36.4 Å². The van der Waals surface area contributed by atoms with Gasteiger partial charge in [-0.05, 0) is 74.8 Å². The van der Waals surface area contributed by atoms with E-state index in [2.05, 4.69) is 76.2 Å². The Labute approximate surface area is 198 Å². The zero-order valence-electron chi connectivity index (χ0n) is 17.0. The van der Waals surface area contributed by atoms with Crippen molar-refractivity contribution in [1.29, 1.82) is 0 Å². The molecular formula is C24H24IN3S2. The van der Waals surface area contributed by atoms with Crippen molar-refractivity contribution >= 4 is 92.4 Å². The van der Waals surface area contributed by atoms with Crippen molar-refractivity contribution in [2.24, 2.45) is 0 Å². The lowest BCUT2D eigenvalue weighted by atomic mass is 10.0. The van der Waals surface area contributed by atoms with Gasteiger partial charge < -0.3 is 5.32 Å². The number of hydrogen-bond donors (Lipinski definition) is 1. The third-order valence-corrected chi connectivity index (χ3v) is 8.32. The van der Waals surface area contributed by atoms with Gasteiger partial charge in [-0.25, -0.2) is 9.97 Å². The average Bonchev–Trinajstić information content (AvgIpc) is 3.30. The Kier molecular flexibility index (Phi) is 6.07. The van der Waals surface area contributed by atoms with Crippen molar-refractivity contribution < 1.29 is 0 Å². The van der Waals surface area contributed by atoms with Gasteiger partial charge in [0.1, 0.15) is 0 Å². The van der Waals surface area contributed by atoms with Crippen molar-refractivity contribution in [3.8, 4) is 0 Å². The molecule has 0 unspecified atom stereocenters. The molecule has 154 valence electrons. The fourth-order valence-corrected chi connectivity index (χ4v) is 6.65. The van der Waals surface area contributed by atoms with Gasteiger partial charge in [0.25, 0.3) is 0 Å². The van der Waals surface area contributed by atoms with Gasteiger partial charge in [-0.1, -0.05) is 62.5 Å². The maximum atomic E-state index is 4.84. The topological polar surface area (TPSA) is 37.8 Å². The first-order valence-corrected chi connectivity index (χ1v) is 13.4. The highest BCUT2D eigenvalue weighted by molar-refractivity contribution is 14.1. The van der Waals surface area contributed by atoms with Crippen molar-refractivity contribution in [2.75, 3.05) is 11.9 Å². The normalized spacial score (nSPS) is 11.9. The summed E-state index contributed by atoms with van der Waals surface area (Å²) in [5.74, 6) is 0. The molecule has 2 heterocycles. The van der Waals surface area contributed by atoms with Gasteiger partial charge in [0.2, 0.25) is 0 Å². The molecule has 0 radical (unpaired) electrons. The molecule has 0 amide bonds. The Balaban J connectivity index is 1.41. The Morgan fingerprint density at radius 1 is 0.800 bits per heavy atom. The first-order valence-electron chi connectivity index (χ1n) is 10.7. The number of nitrogens with one attached hydrogen (secondary N) is 1. The summed E-state index contributed by atoms with van der Waals surface area (Å²) in [5.41, 5.74) is 2.18. The van der Waals surface area contributed by atoms with Crippen LogP contribution in [0.4, 0.5) is 5.13 Å². The molecule has 0 aliphatic rings. The predicted octanol–water partition coefficient (Wildman–Crippen LogP) is 8.59. The number of rotatable bonds is 8. The highest BCUT2D eigenvalue weighted by atomic mass is 127. The molecule has 2 aromatic heterocycles. The first-order chi connectivity index (χ1) is 14.7. The lowest BCUT2D eigenvalue weighted by molar-refractivity contribution is 0.617. The molecule has 5 aromatic rings. The maximum Gasteiger partial charge on any atom is 0.183 e. The molecule has 0 bridgehead atoms. The van der Waals surface area contributed by atoms with Crippen LogP contribution in [0.25, 0.3) is 42.0 Å². The Morgan fingerprint density at radius 3 is 2.17 bits per heavy atom. The molecule has 3 nitrogen and oxygen atoms in total. The van der Waals surface area contributed by atoms with Crippen LogP contribution in [0.1, 0.15) is 45.4 Å². The molecule has 0 saturated carbocycles. The average molecular weight is 546 g/mol. The summed E-state index contributed by atoms with van der Waals surface area (Å²) in [7, 11) is 0. The number of hydrogen-bond acceptors (Lipinski definition) is 5. The summed E-state index contributed by atoms with van der Waals surface area (Å²) < 4.78 is 3.60. The van der Waals surface area contributed by atoms with E-state index >= 15 is 0 Å². The quantitative estimate of drug-likeness (QED) is 0.121. The molecular weight excluding hydrogens is 521 g/mol. The van der Waals surface area contributed by atoms with Crippen molar-refractivity contribution in [3.05, 3.63) is 39.4 Å². The number of thiazole rings is 2. The highest BCUT2D eigenvalue weighted by Gasteiger charge is 2.10. The number of unbranched alkanes of at least 4 members (excludes halogenated alkanes) is 5. The van der Waals surface area contributed by atoms with Crippen LogP contribution < -0.4 is 5.32 Å². The minimum Gasteiger partial charge on any atom is -0.361 e. The standard InChI is InChI=1S/C24H24IN3S2/c1-2-3-4-5-6-7-10-26-24-28-20-12-16-9-8-15-11-19-21(29-23(25)27-19)13-17(15)18(16)14-22(20)30-24/h8-9,11-14H,2-7,10H2,1H3,(H,26,28). The van der Waals surface area contributed by atoms with E-state index in [1.54, 1.807) is 22.7 Å². The van der Waals surface area contributed by atoms with Crippen LogP contribution >= 0.6 is 45.3 Å². The highest BCUT2D eigenvalue weighted by Crippen LogP contribution is 2.36. The van der Waals surface area contributed by atoms with E-state index in [0.29, 0.717) is 0 Å². The molecule has 5 rings (SSSR count). The molecule has 0 aliphatic heterocycles. The molecule has 0 saturated heterocycles. The van der Waals surface area contributed by atoms with Gasteiger partial charge >= 0.3 is 0 Å². The summed E-state index contributed by atoms with van der Waals surface area (Å²) in [6.45, 7) is 3.28. The number of fused-ring (bicyclic) bond motifs is 5. The zero-order valence-corrected chi connectivity index (χ0v) is 20.8. The number of benzene rings is 3. The van der Waals surface area contributed by atoms with E-state index in [9.17, 15) is 0 Å². The third kappa shape index (κ3) is 4.14. The Hall–Kier alpha value is -1.51. The van der Waals surface area contributed by atoms with Gasteiger partial charge in [-0.2, -0.15) is 0 Å².